The summed E-state index contributed by atoms with van der Waals surface area (Å²) in [4.78, 5) is 21.4. The van der Waals surface area contributed by atoms with Crippen LogP contribution >= 0.6 is 0 Å². The van der Waals surface area contributed by atoms with Gasteiger partial charge < -0.3 is 4.74 Å². The summed E-state index contributed by atoms with van der Waals surface area (Å²) in [6, 6.07) is 33.2. The highest BCUT2D eigenvalue weighted by Gasteiger charge is 2.11. The van der Waals surface area contributed by atoms with Crippen molar-refractivity contribution in [1.82, 2.24) is 14.6 Å². The third kappa shape index (κ3) is 4.99. The van der Waals surface area contributed by atoms with Gasteiger partial charge in [-0.05, 0) is 17.7 Å². The molecule has 34 heavy (non-hydrogen) atoms. The Morgan fingerprint density at radius 1 is 0.824 bits per heavy atom. The van der Waals surface area contributed by atoms with Crippen LogP contribution in [0.4, 0.5) is 16.4 Å². The Bertz CT molecular complexity index is 1390. The van der Waals surface area contributed by atoms with Gasteiger partial charge in [-0.25, -0.2) is 14.3 Å². The molecule has 1 N–H and O–H groups in total. The van der Waals surface area contributed by atoms with Crippen molar-refractivity contribution < 1.29 is 9.53 Å². The van der Waals surface area contributed by atoms with E-state index >= 15 is 0 Å². The topological polar surface area (TPSA) is 80.9 Å². The van der Waals surface area contributed by atoms with E-state index in [0.717, 1.165) is 22.4 Å². The molecule has 166 valence electrons. The van der Waals surface area contributed by atoms with Crippen LogP contribution in [0, 0.1) is 0 Å². The third-order valence-corrected chi connectivity index (χ3v) is 5.08. The summed E-state index contributed by atoms with van der Waals surface area (Å²) in [6.45, 7) is 0.167. The molecule has 3 aromatic carbocycles. The maximum absolute atomic E-state index is 12.1. The molecule has 0 fully saturated rings. The zero-order chi connectivity index (χ0) is 23.2. The van der Waals surface area contributed by atoms with Crippen LogP contribution in [0.15, 0.2) is 114 Å². The van der Waals surface area contributed by atoms with E-state index in [0.29, 0.717) is 11.3 Å². The van der Waals surface area contributed by atoms with E-state index in [2.05, 4.69) is 15.4 Å². The number of rotatable bonds is 6. The number of aromatic nitrogens is 3. The molecule has 0 radical (unpaired) electrons. The molecule has 0 unspecified atom stereocenters. The lowest BCUT2D eigenvalue weighted by atomic mass is 10.0. The Morgan fingerprint density at radius 3 is 2.09 bits per heavy atom. The highest BCUT2D eigenvalue weighted by Crippen LogP contribution is 2.19. The second-order valence-electron chi connectivity index (χ2n) is 7.50. The van der Waals surface area contributed by atoms with Crippen LogP contribution in [0.2, 0.25) is 0 Å². The average molecular weight is 447 g/mol. The minimum Gasteiger partial charge on any atom is -0.444 e. The Labute approximate surface area is 196 Å². The fourth-order valence-electron chi connectivity index (χ4n) is 3.46. The average Bonchev–Trinajstić information content (AvgIpc) is 3.29. The highest BCUT2D eigenvalue weighted by molar-refractivity contribution is 6.13. The van der Waals surface area contributed by atoms with Crippen molar-refractivity contribution in [3.63, 3.8) is 0 Å². The molecule has 0 atom stereocenters. The molecule has 0 saturated heterocycles. The fourth-order valence-corrected chi connectivity index (χ4v) is 3.46. The van der Waals surface area contributed by atoms with Crippen molar-refractivity contribution in [2.75, 3.05) is 5.32 Å². The predicted molar refractivity (Wildman–Crippen MR) is 131 cm³/mol. The Kier molecular flexibility index (Phi) is 6.07. The van der Waals surface area contributed by atoms with Crippen molar-refractivity contribution in [1.29, 1.82) is 0 Å². The lowest BCUT2D eigenvalue weighted by molar-refractivity contribution is 0.155. The van der Waals surface area contributed by atoms with Gasteiger partial charge in [-0.15, -0.1) is 5.10 Å². The van der Waals surface area contributed by atoms with Crippen LogP contribution in [0.5, 0.6) is 0 Å². The predicted octanol–water partition coefficient (Wildman–Crippen LogP) is 5.65. The number of aliphatic imine (C=N–C) groups is 1. The van der Waals surface area contributed by atoms with Gasteiger partial charge in [0.1, 0.15) is 6.61 Å². The van der Waals surface area contributed by atoms with Crippen LogP contribution < -0.4 is 5.32 Å². The van der Waals surface area contributed by atoms with E-state index in [-0.39, 0.29) is 12.6 Å². The molecular weight excluding hydrogens is 426 g/mol. The smallest absolute Gasteiger partial charge is 0.414 e. The van der Waals surface area contributed by atoms with Crippen LogP contribution in [0.1, 0.15) is 16.7 Å². The molecular formula is C27H21N5O2. The molecule has 0 aliphatic rings. The van der Waals surface area contributed by atoms with Crippen LogP contribution in [0.25, 0.3) is 5.65 Å². The second-order valence-corrected chi connectivity index (χ2v) is 7.50. The minimum absolute atomic E-state index is 0.158. The molecule has 0 saturated carbocycles. The third-order valence-electron chi connectivity index (χ3n) is 5.08. The van der Waals surface area contributed by atoms with Gasteiger partial charge in [-0.3, -0.25) is 5.32 Å². The quantitative estimate of drug-likeness (QED) is 0.341. The molecule has 0 spiro atoms. The number of benzene rings is 3. The maximum Gasteiger partial charge on any atom is 0.414 e. The molecule has 0 aliphatic heterocycles. The number of fused-ring (bicyclic) bond motifs is 1. The van der Waals surface area contributed by atoms with E-state index in [1.54, 1.807) is 16.8 Å². The molecule has 0 bridgehead atoms. The summed E-state index contributed by atoms with van der Waals surface area (Å²) in [5.41, 5.74) is 5.06. The van der Waals surface area contributed by atoms with Gasteiger partial charge in [0.05, 0.1) is 17.6 Å². The van der Waals surface area contributed by atoms with Gasteiger partial charge in [0.25, 0.3) is 5.95 Å². The van der Waals surface area contributed by atoms with Crippen LogP contribution in [-0.4, -0.2) is 26.4 Å². The monoisotopic (exact) mass is 447 g/mol. The number of carbonyl (C=O) groups is 1. The summed E-state index contributed by atoms with van der Waals surface area (Å²) in [7, 11) is 0. The summed E-state index contributed by atoms with van der Waals surface area (Å²) in [6.07, 6.45) is 1.16. The number of nitrogens with zero attached hydrogens (tertiary/aromatic N) is 4. The summed E-state index contributed by atoms with van der Waals surface area (Å²) in [5, 5.41) is 6.92. The first-order valence-corrected chi connectivity index (χ1v) is 10.8. The second kappa shape index (κ2) is 9.79. The standard InChI is InChI=1S/C27H21N5O2/c33-27(34-19-20-10-4-1-5-11-20)30-26-29-24-17-16-23(18-32(24)31-26)28-25(21-12-6-2-7-13-21)22-14-8-3-9-15-22/h1-18H,19H2,(H,30,31,33). The number of hydrogen-bond donors (Lipinski definition) is 1. The zero-order valence-electron chi connectivity index (χ0n) is 18.2. The number of pyridine rings is 1. The largest absolute Gasteiger partial charge is 0.444 e. The fraction of sp³-hybridized carbons (Fsp3) is 0.0370. The summed E-state index contributed by atoms with van der Waals surface area (Å²) >= 11 is 0. The number of hydrogen-bond acceptors (Lipinski definition) is 5. The van der Waals surface area contributed by atoms with E-state index < -0.39 is 6.09 Å². The maximum atomic E-state index is 12.1. The zero-order valence-corrected chi connectivity index (χ0v) is 18.2. The van der Waals surface area contributed by atoms with Gasteiger partial charge in [0, 0.05) is 11.1 Å². The van der Waals surface area contributed by atoms with Gasteiger partial charge in [0.15, 0.2) is 5.65 Å². The van der Waals surface area contributed by atoms with Crippen molar-refractivity contribution in [2.45, 2.75) is 6.61 Å². The molecule has 7 nitrogen and oxygen atoms in total. The van der Waals surface area contributed by atoms with E-state index in [4.69, 9.17) is 9.73 Å². The molecule has 2 aromatic heterocycles. The molecule has 1 amide bonds. The molecule has 2 heterocycles. The lowest BCUT2D eigenvalue weighted by Crippen LogP contribution is -2.14. The number of carbonyl (C=O) groups excluding carboxylic acids is 1. The van der Waals surface area contributed by atoms with E-state index in [1.165, 1.54) is 0 Å². The van der Waals surface area contributed by atoms with Crippen molar-refractivity contribution >= 4 is 29.1 Å². The molecule has 0 aliphatic carbocycles. The highest BCUT2D eigenvalue weighted by atomic mass is 16.5. The number of amides is 1. The minimum atomic E-state index is -0.617. The SMILES string of the molecule is O=C(Nc1nc2ccc(N=C(c3ccccc3)c3ccccc3)cn2n1)OCc1ccccc1. The summed E-state index contributed by atoms with van der Waals surface area (Å²) < 4.78 is 6.82. The van der Waals surface area contributed by atoms with Gasteiger partial charge in [-0.1, -0.05) is 91.0 Å². The Hall–Kier alpha value is -4.78. The first-order chi connectivity index (χ1) is 16.7. The molecule has 7 heteroatoms. The molecule has 5 rings (SSSR count). The van der Waals surface area contributed by atoms with Crippen LogP contribution in [-0.2, 0) is 11.3 Å². The Balaban J connectivity index is 1.37. The van der Waals surface area contributed by atoms with Crippen molar-refractivity contribution in [2.24, 2.45) is 4.99 Å². The number of nitrogens with one attached hydrogen (secondary N) is 1. The van der Waals surface area contributed by atoms with Crippen molar-refractivity contribution in [3.05, 3.63) is 126 Å². The van der Waals surface area contributed by atoms with E-state index in [1.807, 2.05) is 97.1 Å². The summed E-state index contributed by atoms with van der Waals surface area (Å²) in [5.74, 6) is 0.158. The van der Waals surface area contributed by atoms with Crippen molar-refractivity contribution in [3.8, 4) is 0 Å². The number of ether oxygens (including phenoxy) is 1. The first-order valence-electron chi connectivity index (χ1n) is 10.8. The van der Waals surface area contributed by atoms with E-state index in [9.17, 15) is 4.79 Å². The number of anilines is 1. The molecule has 5 aromatic rings. The Morgan fingerprint density at radius 2 is 1.44 bits per heavy atom. The van der Waals surface area contributed by atoms with Crippen LogP contribution in [0.3, 0.4) is 0 Å². The lowest BCUT2D eigenvalue weighted by Gasteiger charge is -2.07. The van der Waals surface area contributed by atoms with Gasteiger partial charge in [0.2, 0.25) is 0 Å². The first kappa shape index (κ1) is 21.1. The van der Waals surface area contributed by atoms with Gasteiger partial charge >= 0.3 is 6.09 Å². The normalized spacial score (nSPS) is 10.6. The van der Waals surface area contributed by atoms with Gasteiger partial charge in [-0.2, -0.15) is 4.98 Å².